The first-order valence-corrected chi connectivity index (χ1v) is 7.03. The van der Waals surface area contributed by atoms with Gasteiger partial charge < -0.3 is 4.90 Å². The molecule has 1 fully saturated rings. The van der Waals surface area contributed by atoms with Crippen molar-refractivity contribution in [3.05, 3.63) is 0 Å². The van der Waals surface area contributed by atoms with Gasteiger partial charge >= 0.3 is 0 Å². The molecule has 0 spiro atoms. The molecule has 1 saturated heterocycles. The minimum Gasteiger partial charge on any atom is -0.339 e. The fraction of sp³-hybridized carbons (Fsp3) is 0.917. The van der Waals surface area contributed by atoms with E-state index in [0.29, 0.717) is 30.2 Å². The van der Waals surface area contributed by atoms with Crippen molar-refractivity contribution in [3.8, 4) is 0 Å². The monoisotopic (exact) mass is 275 g/mol. The molecule has 0 aromatic rings. The van der Waals surface area contributed by atoms with Crippen molar-refractivity contribution in [3.63, 3.8) is 0 Å². The SMILES string of the molecule is CC(C)CCC(=O)N1CCC(C)C1CBr. The second-order valence-electron chi connectivity index (χ2n) is 5.01. The molecule has 15 heavy (non-hydrogen) atoms. The Morgan fingerprint density at radius 3 is 2.73 bits per heavy atom. The van der Waals surface area contributed by atoms with Crippen LogP contribution in [0, 0.1) is 11.8 Å². The van der Waals surface area contributed by atoms with E-state index in [1.807, 2.05) is 0 Å². The average molecular weight is 276 g/mol. The Labute approximate surface area is 102 Å². The second kappa shape index (κ2) is 5.88. The van der Waals surface area contributed by atoms with E-state index in [1.54, 1.807) is 0 Å². The summed E-state index contributed by atoms with van der Waals surface area (Å²) in [7, 11) is 0. The first kappa shape index (κ1) is 13.0. The highest BCUT2D eigenvalue weighted by atomic mass is 79.9. The number of rotatable bonds is 4. The number of halogens is 1. The summed E-state index contributed by atoms with van der Waals surface area (Å²) in [5, 5.41) is 0.918. The lowest BCUT2D eigenvalue weighted by Gasteiger charge is -2.25. The first-order chi connectivity index (χ1) is 7.06. The topological polar surface area (TPSA) is 20.3 Å². The van der Waals surface area contributed by atoms with Crippen LogP contribution in [0.1, 0.15) is 40.0 Å². The van der Waals surface area contributed by atoms with Gasteiger partial charge in [0.1, 0.15) is 0 Å². The molecule has 0 saturated carbocycles. The highest BCUT2D eigenvalue weighted by Gasteiger charge is 2.32. The lowest BCUT2D eigenvalue weighted by Crippen LogP contribution is -2.38. The zero-order chi connectivity index (χ0) is 11.4. The zero-order valence-electron chi connectivity index (χ0n) is 10.0. The summed E-state index contributed by atoms with van der Waals surface area (Å²) in [6, 6.07) is 0.421. The Kier molecular flexibility index (Phi) is 5.10. The molecule has 1 heterocycles. The van der Waals surface area contributed by atoms with Crippen LogP contribution in [0.15, 0.2) is 0 Å². The van der Waals surface area contributed by atoms with Crippen LogP contribution >= 0.6 is 15.9 Å². The Morgan fingerprint density at radius 1 is 1.53 bits per heavy atom. The Hall–Kier alpha value is -0.0500. The summed E-state index contributed by atoms with van der Waals surface area (Å²) in [4.78, 5) is 14.0. The molecular weight excluding hydrogens is 254 g/mol. The number of hydrogen-bond acceptors (Lipinski definition) is 1. The summed E-state index contributed by atoms with van der Waals surface area (Å²) in [6.07, 6.45) is 2.89. The molecule has 0 N–H and O–H groups in total. The van der Waals surface area contributed by atoms with Crippen LogP contribution in [0.2, 0.25) is 0 Å². The molecule has 0 aliphatic carbocycles. The van der Waals surface area contributed by atoms with E-state index >= 15 is 0 Å². The molecule has 2 atom stereocenters. The normalized spacial score (nSPS) is 26.3. The fourth-order valence-corrected chi connectivity index (χ4v) is 3.10. The number of likely N-dealkylation sites (tertiary alicyclic amines) is 1. The lowest BCUT2D eigenvalue weighted by molar-refractivity contribution is -0.132. The van der Waals surface area contributed by atoms with Crippen molar-refractivity contribution < 1.29 is 4.79 Å². The van der Waals surface area contributed by atoms with Gasteiger partial charge in [-0.2, -0.15) is 0 Å². The molecule has 3 heteroatoms. The molecule has 88 valence electrons. The van der Waals surface area contributed by atoms with E-state index in [1.165, 1.54) is 0 Å². The van der Waals surface area contributed by atoms with Crippen LogP contribution in [0.25, 0.3) is 0 Å². The fourth-order valence-electron chi connectivity index (χ4n) is 2.11. The third-order valence-corrected chi connectivity index (χ3v) is 3.96. The van der Waals surface area contributed by atoms with Crippen LogP contribution in [0.5, 0.6) is 0 Å². The van der Waals surface area contributed by atoms with E-state index in [9.17, 15) is 4.79 Å². The van der Waals surface area contributed by atoms with Crippen molar-refractivity contribution in [2.75, 3.05) is 11.9 Å². The van der Waals surface area contributed by atoms with E-state index in [0.717, 1.165) is 24.7 Å². The first-order valence-electron chi connectivity index (χ1n) is 5.91. The smallest absolute Gasteiger partial charge is 0.222 e. The molecule has 0 radical (unpaired) electrons. The summed E-state index contributed by atoms with van der Waals surface area (Å²) < 4.78 is 0. The summed E-state index contributed by atoms with van der Waals surface area (Å²) >= 11 is 3.51. The number of carbonyl (C=O) groups is 1. The molecule has 0 aromatic heterocycles. The van der Waals surface area contributed by atoms with Crippen LogP contribution in [-0.2, 0) is 4.79 Å². The van der Waals surface area contributed by atoms with E-state index in [-0.39, 0.29) is 0 Å². The zero-order valence-corrected chi connectivity index (χ0v) is 11.6. The maximum Gasteiger partial charge on any atom is 0.222 e. The molecule has 2 unspecified atom stereocenters. The molecular formula is C12H22BrNO. The summed E-state index contributed by atoms with van der Waals surface area (Å²) in [5.74, 6) is 1.61. The Balaban J connectivity index is 2.45. The van der Waals surface area contributed by atoms with Crippen LogP contribution in [0.3, 0.4) is 0 Å². The van der Waals surface area contributed by atoms with Gasteiger partial charge in [0.15, 0.2) is 0 Å². The Bertz CT molecular complexity index is 218. The van der Waals surface area contributed by atoms with Gasteiger partial charge in [-0.1, -0.05) is 36.7 Å². The summed E-state index contributed by atoms with van der Waals surface area (Å²) in [5.41, 5.74) is 0. The third kappa shape index (κ3) is 3.47. The maximum absolute atomic E-state index is 12.0. The number of hydrogen-bond donors (Lipinski definition) is 0. The van der Waals surface area contributed by atoms with Crippen LogP contribution < -0.4 is 0 Å². The minimum absolute atomic E-state index is 0.345. The highest BCUT2D eigenvalue weighted by molar-refractivity contribution is 9.09. The van der Waals surface area contributed by atoms with Crippen molar-refractivity contribution in [1.29, 1.82) is 0 Å². The van der Waals surface area contributed by atoms with Crippen LogP contribution in [0.4, 0.5) is 0 Å². The van der Waals surface area contributed by atoms with Gasteiger partial charge in [0.2, 0.25) is 5.91 Å². The summed E-state index contributed by atoms with van der Waals surface area (Å²) in [6.45, 7) is 7.53. The van der Waals surface area contributed by atoms with E-state index < -0.39 is 0 Å². The predicted octanol–water partition coefficient (Wildman–Crippen LogP) is 3.05. The number of carbonyl (C=O) groups excluding carboxylic acids is 1. The largest absolute Gasteiger partial charge is 0.339 e. The molecule has 1 rings (SSSR count). The van der Waals surface area contributed by atoms with Crippen molar-refractivity contribution >= 4 is 21.8 Å². The molecule has 2 nitrogen and oxygen atoms in total. The molecule has 1 aliphatic heterocycles. The second-order valence-corrected chi connectivity index (χ2v) is 5.65. The molecule has 0 aromatic carbocycles. The number of nitrogens with zero attached hydrogens (tertiary/aromatic N) is 1. The van der Waals surface area contributed by atoms with Gasteiger partial charge in [-0.05, 0) is 24.7 Å². The minimum atomic E-state index is 0.345. The van der Waals surface area contributed by atoms with E-state index in [4.69, 9.17) is 0 Å². The molecule has 1 aliphatic rings. The maximum atomic E-state index is 12.0. The van der Waals surface area contributed by atoms with Crippen molar-refractivity contribution in [2.45, 2.75) is 46.1 Å². The average Bonchev–Trinajstić information content (AvgIpc) is 2.55. The molecule has 0 bridgehead atoms. The predicted molar refractivity (Wildman–Crippen MR) is 67.1 cm³/mol. The van der Waals surface area contributed by atoms with Crippen molar-refractivity contribution in [1.82, 2.24) is 4.90 Å². The van der Waals surface area contributed by atoms with Gasteiger partial charge in [-0.3, -0.25) is 4.79 Å². The van der Waals surface area contributed by atoms with Gasteiger partial charge in [0, 0.05) is 24.3 Å². The van der Waals surface area contributed by atoms with Gasteiger partial charge in [-0.15, -0.1) is 0 Å². The number of alkyl halides is 1. The lowest BCUT2D eigenvalue weighted by atomic mass is 10.0. The quantitative estimate of drug-likeness (QED) is 0.723. The number of amides is 1. The van der Waals surface area contributed by atoms with Gasteiger partial charge in [-0.25, -0.2) is 0 Å². The van der Waals surface area contributed by atoms with Crippen LogP contribution in [-0.4, -0.2) is 28.7 Å². The molecule has 1 amide bonds. The third-order valence-electron chi connectivity index (χ3n) is 3.30. The highest BCUT2D eigenvalue weighted by Crippen LogP contribution is 2.26. The standard InChI is InChI=1S/C12H22BrNO/c1-9(2)4-5-12(15)14-7-6-10(3)11(14)8-13/h9-11H,4-8H2,1-3H3. The van der Waals surface area contributed by atoms with Gasteiger partial charge in [0.25, 0.3) is 0 Å². The van der Waals surface area contributed by atoms with Crippen molar-refractivity contribution in [2.24, 2.45) is 11.8 Å². The van der Waals surface area contributed by atoms with E-state index in [2.05, 4.69) is 41.6 Å². The Morgan fingerprint density at radius 2 is 2.20 bits per heavy atom. The van der Waals surface area contributed by atoms with Gasteiger partial charge in [0.05, 0.1) is 0 Å².